The van der Waals surface area contributed by atoms with Crippen LogP contribution in [0.4, 0.5) is 0 Å². The van der Waals surface area contributed by atoms with Crippen molar-refractivity contribution in [3.05, 3.63) is 36.0 Å². The Morgan fingerprint density at radius 1 is 1.24 bits per heavy atom. The number of nitrogens with one attached hydrogen (secondary N) is 1. The van der Waals surface area contributed by atoms with Crippen LogP contribution in [0.3, 0.4) is 0 Å². The Hall–Kier alpha value is -1.52. The zero-order valence-corrected chi connectivity index (χ0v) is 12.8. The van der Waals surface area contributed by atoms with Gasteiger partial charge in [0, 0.05) is 37.9 Å². The number of unbranched alkanes of at least 4 members (excludes halogenated alkanes) is 1. The van der Waals surface area contributed by atoms with E-state index >= 15 is 0 Å². The van der Waals surface area contributed by atoms with E-state index in [9.17, 15) is 0 Å². The molecule has 0 radical (unpaired) electrons. The van der Waals surface area contributed by atoms with Crippen LogP contribution >= 0.6 is 0 Å². The Balaban J connectivity index is 1.74. The van der Waals surface area contributed by atoms with E-state index in [-0.39, 0.29) is 0 Å². The van der Waals surface area contributed by atoms with Crippen LogP contribution in [0.2, 0.25) is 0 Å². The molecule has 2 aliphatic rings. The van der Waals surface area contributed by atoms with Gasteiger partial charge in [0.1, 0.15) is 6.17 Å². The summed E-state index contributed by atoms with van der Waals surface area (Å²) in [6.07, 6.45) is 8.16. The van der Waals surface area contributed by atoms with Crippen LogP contribution < -0.4 is 10.2 Å². The first-order valence-corrected chi connectivity index (χ1v) is 8.07. The first-order chi connectivity index (χ1) is 10.4. The summed E-state index contributed by atoms with van der Waals surface area (Å²) in [6, 6.07) is 8.21. The lowest BCUT2D eigenvalue weighted by Crippen LogP contribution is -2.54. The highest BCUT2D eigenvalue weighted by atomic mass is 16.7. The Kier molecular flexibility index (Phi) is 4.78. The van der Waals surface area contributed by atoms with Crippen LogP contribution in [0.25, 0.3) is 6.08 Å². The van der Waals surface area contributed by atoms with Crippen LogP contribution in [0, 0.1) is 0 Å². The van der Waals surface area contributed by atoms with Crippen molar-refractivity contribution >= 4 is 6.08 Å². The van der Waals surface area contributed by atoms with E-state index in [1.807, 2.05) is 23.3 Å². The van der Waals surface area contributed by atoms with Crippen molar-refractivity contribution < 1.29 is 4.84 Å². The monoisotopic (exact) mass is 287 g/mol. The summed E-state index contributed by atoms with van der Waals surface area (Å²) in [7, 11) is 0. The molecule has 1 unspecified atom stereocenters. The SMILES string of the molecule is CCCCC(N1CCNCC1)N1C=Cc2ccccc2O1. The number of nitrogens with zero attached hydrogens (tertiary/aromatic N) is 2. The van der Waals surface area contributed by atoms with Gasteiger partial charge >= 0.3 is 0 Å². The number of benzene rings is 1. The van der Waals surface area contributed by atoms with Gasteiger partial charge < -0.3 is 10.2 Å². The average Bonchev–Trinajstić information content (AvgIpc) is 2.56. The van der Waals surface area contributed by atoms with E-state index in [1.165, 1.54) is 12.8 Å². The molecule has 0 saturated carbocycles. The second-order valence-electron chi connectivity index (χ2n) is 5.71. The van der Waals surface area contributed by atoms with Gasteiger partial charge in [-0.05, 0) is 18.6 Å². The first kappa shape index (κ1) is 14.4. The molecular formula is C17H25N3O. The van der Waals surface area contributed by atoms with Gasteiger partial charge in [0.25, 0.3) is 0 Å². The summed E-state index contributed by atoms with van der Waals surface area (Å²) in [6.45, 7) is 6.55. The van der Waals surface area contributed by atoms with Crippen molar-refractivity contribution in [1.29, 1.82) is 0 Å². The summed E-state index contributed by atoms with van der Waals surface area (Å²) in [5.41, 5.74) is 1.16. The highest BCUT2D eigenvalue weighted by Crippen LogP contribution is 2.28. The number of piperazine rings is 1. The molecule has 2 aliphatic heterocycles. The maximum absolute atomic E-state index is 6.13. The van der Waals surface area contributed by atoms with Crippen molar-refractivity contribution in [3.63, 3.8) is 0 Å². The lowest BCUT2D eigenvalue weighted by molar-refractivity contribution is -0.113. The summed E-state index contributed by atoms with van der Waals surface area (Å²) in [4.78, 5) is 8.66. The van der Waals surface area contributed by atoms with Crippen molar-refractivity contribution in [3.8, 4) is 5.75 Å². The van der Waals surface area contributed by atoms with Crippen molar-refractivity contribution in [2.45, 2.75) is 32.4 Å². The summed E-state index contributed by atoms with van der Waals surface area (Å²) in [5, 5.41) is 5.47. The van der Waals surface area contributed by atoms with E-state index < -0.39 is 0 Å². The lowest BCUT2D eigenvalue weighted by atomic mass is 10.1. The Morgan fingerprint density at radius 3 is 2.86 bits per heavy atom. The molecule has 1 N–H and O–H groups in total. The molecule has 4 nitrogen and oxygen atoms in total. The van der Waals surface area contributed by atoms with Crippen LogP contribution in [0.1, 0.15) is 31.7 Å². The Bertz CT molecular complexity index is 483. The van der Waals surface area contributed by atoms with E-state index in [4.69, 9.17) is 4.84 Å². The van der Waals surface area contributed by atoms with Gasteiger partial charge in [-0.2, -0.15) is 5.06 Å². The predicted octanol–water partition coefficient (Wildman–Crippen LogP) is 2.69. The second kappa shape index (κ2) is 6.96. The normalized spacial score (nSPS) is 20.0. The van der Waals surface area contributed by atoms with E-state index in [0.717, 1.165) is 43.9 Å². The van der Waals surface area contributed by atoms with Gasteiger partial charge in [0.2, 0.25) is 0 Å². The summed E-state index contributed by atoms with van der Waals surface area (Å²) < 4.78 is 0. The number of hydrogen-bond acceptors (Lipinski definition) is 4. The molecular weight excluding hydrogens is 262 g/mol. The third-order valence-corrected chi connectivity index (χ3v) is 4.21. The molecule has 1 saturated heterocycles. The second-order valence-corrected chi connectivity index (χ2v) is 5.71. The van der Waals surface area contributed by atoms with Crippen LogP contribution in [-0.4, -0.2) is 42.3 Å². The number of rotatable bonds is 5. The van der Waals surface area contributed by atoms with Gasteiger partial charge in [0.15, 0.2) is 5.75 Å². The minimum atomic E-state index is 0.330. The fraction of sp³-hybridized carbons (Fsp3) is 0.529. The quantitative estimate of drug-likeness (QED) is 0.901. The molecule has 21 heavy (non-hydrogen) atoms. The highest BCUT2D eigenvalue weighted by molar-refractivity contribution is 5.58. The predicted molar refractivity (Wildman–Crippen MR) is 85.7 cm³/mol. The zero-order chi connectivity index (χ0) is 14.5. The van der Waals surface area contributed by atoms with E-state index in [2.05, 4.69) is 35.5 Å². The molecule has 0 bridgehead atoms. The average molecular weight is 287 g/mol. The molecule has 0 aromatic heterocycles. The molecule has 4 heteroatoms. The number of fused-ring (bicyclic) bond motifs is 1. The van der Waals surface area contributed by atoms with E-state index in [0.29, 0.717) is 6.17 Å². The molecule has 1 aromatic carbocycles. The molecule has 1 aromatic rings. The molecule has 0 amide bonds. The van der Waals surface area contributed by atoms with Crippen molar-refractivity contribution in [2.75, 3.05) is 26.2 Å². The maximum atomic E-state index is 6.13. The van der Waals surface area contributed by atoms with Gasteiger partial charge in [0.05, 0.1) is 0 Å². The highest BCUT2D eigenvalue weighted by Gasteiger charge is 2.27. The Labute approximate surface area is 127 Å². The summed E-state index contributed by atoms with van der Waals surface area (Å²) in [5.74, 6) is 0.955. The first-order valence-electron chi connectivity index (χ1n) is 8.07. The number of para-hydroxylation sites is 1. The summed E-state index contributed by atoms with van der Waals surface area (Å²) >= 11 is 0. The molecule has 1 fully saturated rings. The van der Waals surface area contributed by atoms with Crippen molar-refractivity contribution in [1.82, 2.24) is 15.3 Å². The van der Waals surface area contributed by atoms with Crippen LogP contribution in [0.5, 0.6) is 5.75 Å². The third kappa shape index (κ3) is 3.39. The standard InChI is InChI=1S/C17H25N3O/c1-2-3-8-17(19-13-10-18-11-14-19)20-12-9-15-6-4-5-7-16(15)21-20/h4-7,9,12,17-18H,2-3,8,10-11,13-14H2,1H3. The van der Waals surface area contributed by atoms with Gasteiger partial charge in [-0.15, -0.1) is 0 Å². The van der Waals surface area contributed by atoms with Crippen LogP contribution in [-0.2, 0) is 0 Å². The Morgan fingerprint density at radius 2 is 2.05 bits per heavy atom. The largest absolute Gasteiger partial charge is 0.378 e. The fourth-order valence-electron chi connectivity index (χ4n) is 3.00. The lowest BCUT2D eigenvalue weighted by Gasteiger charge is -2.41. The van der Waals surface area contributed by atoms with Crippen molar-refractivity contribution in [2.24, 2.45) is 0 Å². The van der Waals surface area contributed by atoms with Gasteiger partial charge in [-0.3, -0.25) is 4.90 Å². The molecule has 3 rings (SSSR count). The molecule has 0 spiro atoms. The minimum absolute atomic E-state index is 0.330. The smallest absolute Gasteiger partial charge is 0.162 e. The molecule has 114 valence electrons. The zero-order valence-electron chi connectivity index (χ0n) is 12.8. The molecule has 2 heterocycles. The topological polar surface area (TPSA) is 27.7 Å². The van der Waals surface area contributed by atoms with E-state index in [1.54, 1.807) is 0 Å². The number of hydroxylamine groups is 2. The van der Waals surface area contributed by atoms with Gasteiger partial charge in [-0.1, -0.05) is 38.0 Å². The third-order valence-electron chi connectivity index (χ3n) is 4.21. The molecule has 1 atom stereocenters. The number of hydrogen-bond donors (Lipinski definition) is 1. The van der Waals surface area contributed by atoms with Gasteiger partial charge in [-0.25, -0.2) is 0 Å². The maximum Gasteiger partial charge on any atom is 0.162 e. The minimum Gasteiger partial charge on any atom is -0.378 e. The molecule has 0 aliphatic carbocycles. The van der Waals surface area contributed by atoms with Crippen LogP contribution in [0.15, 0.2) is 30.5 Å². The fourth-order valence-corrected chi connectivity index (χ4v) is 3.00.